The number of nitrogens with one attached hydrogen (secondary N) is 1. The smallest absolute Gasteiger partial charge is 0.120 e. The second-order valence-corrected chi connectivity index (χ2v) is 6.00. The van der Waals surface area contributed by atoms with Gasteiger partial charge in [-0.1, -0.05) is 19.4 Å². The van der Waals surface area contributed by atoms with Crippen LogP contribution in [-0.4, -0.2) is 18.7 Å². The molecule has 0 saturated heterocycles. The molecule has 2 heteroatoms. The molecule has 3 rings (SSSR count). The third-order valence-electron chi connectivity index (χ3n) is 4.19. The lowest BCUT2D eigenvalue weighted by Crippen LogP contribution is -2.32. The topological polar surface area (TPSA) is 21.3 Å². The Bertz CT molecular complexity index is 425. The molecule has 2 aliphatic rings. The molecule has 1 aromatic rings. The number of aryl methyl sites for hydroxylation is 2. The second kappa shape index (κ2) is 5.96. The maximum atomic E-state index is 6.20. The van der Waals surface area contributed by atoms with E-state index in [1.54, 1.807) is 0 Å². The zero-order chi connectivity index (χ0) is 13.1. The van der Waals surface area contributed by atoms with Crippen LogP contribution in [0.5, 0.6) is 5.75 Å². The largest absolute Gasteiger partial charge is 0.489 e. The summed E-state index contributed by atoms with van der Waals surface area (Å²) >= 11 is 0. The molecule has 0 amide bonds. The quantitative estimate of drug-likeness (QED) is 0.809. The lowest BCUT2D eigenvalue weighted by atomic mass is 10.1. The number of ether oxygens (including phenoxy) is 1. The van der Waals surface area contributed by atoms with Gasteiger partial charge in [-0.2, -0.15) is 0 Å². The minimum Gasteiger partial charge on any atom is -0.489 e. The number of benzene rings is 1. The molecule has 0 bridgehead atoms. The van der Waals surface area contributed by atoms with E-state index in [0.717, 1.165) is 24.8 Å². The van der Waals surface area contributed by atoms with Crippen molar-refractivity contribution in [2.45, 2.75) is 64.0 Å². The lowest BCUT2D eigenvalue weighted by molar-refractivity contribution is 0.186. The Morgan fingerprint density at radius 3 is 2.89 bits per heavy atom. The molecule has 1 aromatic carbocycles. The van der Waals surface area contributed by atoms with Gasteiger partial charge in [-0.3, -0.25) is 0 Å². The van der Waals surface area contributed by atoms with Crippen molar-refractivity contribution in [3.63, 3.8) is 0 Å². The first-order valence-electron chi connectivity index (χ1n) is 7.87. The molecule has 1 fully saturated rings. The first-order valence-corrected chi connectivity index (χ1v) is 7.87. The van der Waals surface area contributed by atoms with Gasteiger partial charge in [0.25, 0.3) is 0 Å². The Balaban J connectivity index is 1.59. The van der Waals surface area contributed by atoms with Crippen LogP contribution in [0, 0.1) is 0 Å². The van der Waals surface area contributed by atoms with Gasteiger partial charge in [0.05, 0.1) is 0 Å². The molecular weight excluding hydrogens is 234 g/mol. The summed E-state index contributed by atoms with van der Waals surface area (Å²) in [7, 11) is 0. The average molecular weight is 259 g/mol. The molecule has 1 saturated carbocycles. The van der Waals surface area contributed by atoms with Gasteiger partial charge in [0.2, 0.25) is 0 Å². The Hall–Kier alpha value is -1.02. The first kappa shape index (κ1) is 13.0. The van der Waals surface area contributed by atoms with Gasteiger partial charge in [-0.15, -0.1) is 0 Å². The predicted octanol–water partition coefficient (Wildman–Crippen LogP) is 3.47. The summed E-state index contributed by atoms with van der Waals surface area (Å²) < 4.78 is 6.20. The van der Waals surface area contributed by atoms with Gasteiger partial charge >= 0.3 is 0 Å². The van der Waals surface area contributed by atoms with Crippen LogP contribution in [0.25, 0.3) is 0 Å². The van der Waals surface area contributed by atoms with E-state index in [9.17, 15) is 0 Å². The van der Waals surface area contributed by atoms with E-state index in [0.29, 0.717) is 6.10 Å². The Morgan fingerprint density at radius 1 is 1.26 bits per heavy atom. The highest BCUT2D eigenvalue weighted by atomic mass is 16.5. The second-order valence-electron chi connectivity index (χ2n) is 6.00. The van der Waals surface area contributed by atoms with Gasteiger partial charge in [0, 0.05) is 12.6 Å². The summed E-state index contributed by atoms with van der Waals surface area (Å²) in [5.41, 5.74) is 3.03. The highest BCUT2D eigenvalue weighted by molar-refractivity contribution is 5.38. The fourth-order valence-electron chi connectivity index (χ4n) is 2.92. The summed E-state index contributed by atoms with van der Waals surface area (Å²) in [6.45, 7) is 3.23. The van der Waals surface area contributed by atoms with Gasteiger partial charge in [0.1, 0.15) is 11.9 Å². The molecule has 19 heavy (non-hydrogen) atoms. The SMILES string of the molecule is CCCC(CNC1CC1)Oc1ccc2c(c1)CCC2. The molecule has 1 atom stereocenters. The molecular formula is C17H25NO. The molecule has 1 unspecified atom stereocenters. The third-order valence-corrected chi connectivity index (χ3v) is 4.19. The molecule has 0 aliphatic heterocycles. The van der Waals surface area contributed by atoms with Crippen molar-refractivity contribution in [2.24, 2.45) is 0 Å². The van der Waals surface area contributed by atoms with Gasteiger partial charge in [-0.05, 0) is 61.8 Å². The molecule has 0 aromatic heterocycles. The number of hydrogen-bond acceptors (Lipinski definition) is 2. The van der Waals surface area contributed by atoms with Crippen molar-refractivity contribution in [3.05, 3.63) is 29.3 Å². The maximum absolute atomic E-state index is 6.20. The Morgan fingerprint density at radius 2 is 2.11 bits per heavy atom. The van der Waals surface area contributed by atoms with Crippen LogP contribution < -0.4 is 10.1 Å². The molecule has 2 aliphatic carbocycles. The molecule has 1 N–H and O–H groups in total. The molecule has 0 radical (unpaired) electrons. The fourth-order valence-corrected chi connectivity index (χ4v) is 2.92. The number of fused-ring (bicyclic) bond motifs is 1. The number of rotatable bonds is 7. The van der Waals surface area contributed by atoms with Crippen LogP contribution >= 0.6 is 0 Å². The van der Waals surface area contributed by atoms with E-state index in [1.807, 2.05) is 0 Å². The van der Waals surface area contributed by atoms with E-state index in [4.69, 9.17) is 4.74 Å². The molecule has 104 valence electrons. The van der Waals surface area contributed by atoms with Gasteiger partial charge < -0.3 is 10.1 Å². The molecule has 0 spiro atoms. The van der Waals surface area contributed by atoms with Crippen LogP contribution in [0.4, 0.5) is 0 Å². The normalized spacial score (nSPS) is 19.2. The standard InChI is InChI=1S/C17H25NO/c1-2-4-17(12-18-15-8-9-15)19-16-10-7-13-5-3-6-14(13)11-16/h7,10-11,15,17-18H,2-6,8-9,12H2,1H3. The molecule has 2 nitrogen and oxygen atoms in total. The van der Waals surface area contributed by atoms with E-state index in [1.165, 1.54) is 49.7 Å². The average Bonchev–Trinajstić information content (AvgIpc) is 3.13. The van der Waals surface area contributed by atoms with Gasteiger partial charge in [-0.25, -0.2) is 0 Å². The van der Waals surface area contributed by atoms with E-state index >= 15 is 0 Å². The van der Waals surface area contributed by atoms with Crippen molar-refractivity contribution >= 4 is 0 Å². The third kappa shape index (κ3) is 3.50. The summed E-state index contributed by atoms with van der Waals surface area (Å²) in [6, 6.07) is 7.45. The maximum Gasteiger partial charge on any atom is 0.120 e. The van der Waals surface area contributed by atoms with E-state index in [2.05, 4.69) is 30.4 Å². The number of hydrogen-bond donors (Lipinski definition) is 1. The lowest BCUT2D eigenvalue weighted by Gasteiger charge is -2.19. The van der Waals surface area contributed by atoms with Crippen LogP contribution in [0.15, 0.2) is 18.2 Å². The first-order chi connectivity index (χ1) is 9.35. The van der Waals surface area contributed by atoms with Gasteiger partial charge in [0.15, 0.2) is 0 Å². The van der Waals surface area contributed by atoms with Crippen molar-refractivity contribution in [1.29, 1.82) is 0 Å². The summed E-state index contributed by atoms with van der Waals surface area (Å²) in [6.07, 6.45) is 9.11. The van der Waals surface area contributed by atoms with Crippen LogP contribution in [-0.2, 0) is 12.8 Å². The fraction of sp³-hybridized carbons (Fsp3) is 0.647. The van der Waals surface area contributed by atoms with Crippen molar-refractivity contribution < 1.29 is 4.74 Å². The Labute approximate surface area is 116 Å². The van der Waals surface area contributed by atoms with Crippen LogP contribution in [0.3, 0.4) is 0 Å². The Kier molecular flexibility index (Phi) is 4.07. The van der Waals surface area contributed by atoms with Crippen molar-refractivity contribution in [3.8, 4) is 5.75 Å². The van der Waals surface area contributed by atoms with Crippen molar-refractivity contribution in [2.75, 3.05) is 6.54 Å². The van der Waals surface area contributed by atoms with Crippen molar-refractivity contribution in [1.82, 2.24) is 5.32 Å². The highest BCUT2D eigenvalue weighted by Crippen LogP contribution is 2.27. The van der Waals surface area contributed by atoms with Crippen LogP contribution in [0.1, 0.15) is 50.2 Å². The summed E-state index contributed by atoms with van der Waals surface area (Å²) in [4.78, 5) is 0. The summed E-state index contributed by atoms with van der Waals surface area (Å²) in [5, 5.41) is 3.59. The van der Waals surface area contributed by atoms with Crippen LogP contribution in [0.2, 0.25) is 0 Å². The zero-order valence-corrected chi connectivity index (χ0v) is 12.0. The predicted molar refractivity (Wildman–Crippen MR) is 78.8 cm³/mol. The van der Waals surface area contributed by atoms with E-state index in [-0.39, 0.29) is 0 Å². The monoisotopic (exact) mass is 259 g/mol. The minimum atomic E-state index is 0.324. The summed E-state index contributed by atoms with van der Waals surface area (Å²) in [5.74, 6) is 1.07. The minimum absolute atomic E-state index is 0.324. The van der Waals surface area contributed by atoms with E-state index < -0.39 is 0 Å². The zero-order valence-electron chi connectivity index (χ0n) is 12.0. The highest BCUT2D eigenvalue weighted by Gasteiger charge is 2.22. The molecule has 0 heterocycles.